The van der Waals surface area contributed by atoms with Gasteiger partial charge < -0.3 is 4.90 Å². The first-order valence-corrected chi connectivity index (χ1v) is 4.63. The Balaban J connectivity index is 2.30. The van der Waals surface area contributed by atoms with Crippen LogP contribution in [0.25, 0.3) is 0 Å². The molecule has 0 aromatic heterocycles. The highest BCUT2D eigenvalue weighted by atomic mass is 35.5. The summed E-state index contributed by atoms with van der Waals surface area (Å²) < 4.78 is 0. The number of hydrogen-bond donors (Lipinski definition) is 0. The highest BCUT2D eigenvalue weighted by molar-refractivity contribution is 6.64. The lowest BCUT2D eigenvalue weighted by molar-refractivity contribution is -0.130. The second kappa shape index (κ2) is 4.58. The standard InChI is InChI=1S/C8H13ClN2O2/c1-7(12)11-4-2-10(3-5-11)6-8(9)13/h2-6H2,1H3. The van der Waals surface area contributed by atoms with E-state index in [-0.39, 0.29) is 17.7 Å². The fraction of sp³-hybridized carbons (Fsp3) is 0.750. The molecule has 4 nitrogen and oxygen atoms in total. The van der Waals surface area contributed by atoms with Crippen molar-refractivity contribution in [2.24, 2.45) is 0 Å². The number of hydrogen-bond acceptors (Lipinski definition) is 3. The van der Waals surface area contributed by atoms with Gasteiger partial charge in [-0.25, -0.2) is 0 Å². The molecule has 0 bridgehead atoms. The second-order valence-electron chi connectivity index (χ2n) is 3.14. The summed E-state index contributed by atoms with van der Waals surface area (Å²) in [5.41, 5.74) is 0. The molecule has 0 aliphatic carbocycles. The fourth-order valence-corrected chi connectivity index (χ4v) is 1.57. The van der Waals surface area contributed by atoms with E-state index < -0.39 is 0 Å². The van der Waals surface area contributed by atoms with E-state index in [4.69, 9.17) is 11.6 Å². The fourth-order valence-electron chi connectivity index (χ4n) is 1.40. The Morgan fingerprint density at radius 2 is 1.77 bits per heavy atom. The molecule has 1 aliphatic heterocycles. The van der Waals surface area contributed by atoms with E-state index >= 15 is 0 Å². The highest BCUT2D eigenvalue weighted by Crippen LogP contribution is 2.02. The van der Waals surface area contributed by atoms with E-state index in [1.807, 2.05) is 4.90 Å². The minimum atomic E-state index is -0.337. The van der Waals surface area contributed by atoms with Gasteiger partial charge in [-0.2, -0.15) is 0 Å². The molecule has 0 aromatic carbocycles. The molecular weight excluding hydrogens is 192 g/mol. The Morgan fingerprint density at radius 1 is 1.23 bits per heavy atom. The normalized spacial score (nSPS) is 18.8. The van der Waals surface area contributed by atoms with Crippen molar-refractivity contribution in [3.05, 3.63) is 0 Å². The molecule has 0 atom stereocenters. The zero-order chi connectivity index (χ0) is 9.84. The van der Waals surface area contributed by atoms with Gasteiger partial charge in [-0.15, -0.1) is 0 Å². The Hall–Kier alpha value is -0.610. The van der Waals surface area contributed by atoms with Crippen molar-refractivity contribution >= 4 is 22.8 Å². The van der Waals surface area contributed by atoms with Crippen LogP contribution in [0.1, 0.15) is 6.92 Å². The molecule has 1 heterocycles. The monoisotopic (exact) mass is 204 g/mol. The molecular formula is C8H13ClN2O2. The van der Waals surface area contributed by atoms with Crippen LogP contribution in [0, 0.1) is 0 Å². The van der Waals surface area contributed by atoms with Gasteiger partial charge in [0.1, 0.15) is 0 Å². The summed E-state index contributed by atoms with van der Waals surface area (Å²) in [5, 5.41) is -0.337. The molecule has 0 radical (unpaired) electrons. The lowest BCUT2D eigenvalue weighted by Gasteiger charge is -2.33. The number of piperazine rings is 1. The molecule has 0 unspecified atom stereocenters. The van der Waals surface area contributed by atoms with Crippen LogP contribution in [0.5, 0.6) is 0 Å². The number of nitrogens with zero attached hydrogens (tertiary/aromatic N) is 2. The Bertz CT molecular complexity index is 212. The summed E-state index contributed by atoms with van der Waals surface area (Å²) in [7, 11) is 0. The van der Waals surface area contributed by atoms with Crippen LogP contribution in [0.15, 0.2) is 0 Å². The van der Waals surface area contributed by atoms with Crippen molar-refractivity contribution in [2.75, 3.05) is 32.7 Å². The topological polar surface area (TPSA) is 40.6 Å². The predicted octanol–water partition coefficient (Wildman–Crippen LogP) is -0.0841. The Labute approximate surface area is 82.4 Å². The van der Waals surface area contributed by atoms with Crippen molar-refractivity contribution in [2.45, 2.75) is 6.92 Å². The smallest absolute Gasteiger partial charge is 0.235 e. The molecule has 1 saturated heterocycles. The van der Waals surface area contributed by atoms with Crippen molar-refractivity contribution in [3.8, 4) is 0 Å². The largest absolute Gasteiger partial charge is 0.340 e. The maximum Gasteiger partial charge on any atom is 0.235 e. The van der Waals surface area contributed by atoms with Gasteiger partial charge in [-0.1, -0.05) is 0 Å². The maximum atomic E-state index is 10.9. The molecule has 1 aliphatic rings. The number of carbonyl (C=O) groups is 2. The summed E-state index contributed by atoms with van der Waals surface area (Å²) in [6.45, 7) is 4.70. The first kappa shape index (κ1) is 10.5. The van der Waals surface area contributed by atoms with Gasteiger partial charge in [0, 0.05) is 33.1 Å². The Morgan fingerprint density at radius 3 is 2.15 bits per heavy atom. The molecule has 0 spiro atoms. The quantitative estimate of drug-likeness (QED) is 0.591. The number of halogens is 1. The zero-order valence-corrected chi connectivity index (χ0v) is 8.38. The van der Waals surface area contributed by atoms with E-state index in [0.29, 0.717) is 13.1 Å². The third-order valence-electron chi connectivity index (χ3n) is 2.17. The second-order valence-corrected chi connectivity index (χ2v) is 3.56. The molecule has 0 N–H and O–H groups in total. The SMILES string of the molecule is CC(=O)N1CCN(CC(=O)Cl)CC1. The summed E-state index contributed by atoms with van der Waals surface area (Å²) in [6, 6.07) is 0. The van der Waals surface area contributed by atoms with Crippen molar-refractivity contribution in [1.82, 2.24) is 9.80 Å². The van der Waals surface area contributed by atoms with Crippen LogP contribution in [0.4, 0.5) is 0 Å². The average Bonchev–Trinajstić information content (AvgIpc) is 2.04. The van der Waals surface area contributed by atoms with Gasteiger partial charge >= 0.3 is 0 Å². The lowest BCUT2D eigenvalue weighted by atomic mass is 10.3. The first-order valence-electron chi connectivity index (χ1n) is 4.26. The van der Waals surface area contributed by atoms with Gasteiger partial charge in [0.05, 0.1) is 6.54 Å². The van der Waals surface area contributed by atoms with Crippen LogP contribution < -0.4 is 0 Å². The van der Waals surface area contributed by atoms with Crippen molar-refractivity contribution < 1.29 is 9.59 Å². The number of carbonyl (C=O) groups excluding carboxylic acids is 2. The first-order chi connectivity index (χ1) is 6.09. The van der Waals surface area contributed by atoms with Gasteiger partial charge in [-0.3, -0.25) is 14.5 Å². The van der Waals surface area contributed by atoms with Crippen LogP contribution in [-0.4, -0.2) is 53.7 Å². The average molecular weight is 205 g/mol. The van der Waals surface area contributed by atoms with Crippen LogP contribution in [0.2, 0.25) is 0 Å². The van der Waals surface area contributed by atoms with Gasteiger partial charge in [-0.05, 0) is 11.6 Å². The van der Waals surface area contributed by atoms with E-state index in [9.17, 15) is 9.59 Å². The summed E-state index contributed by atoms with van der Waals surface area (Å²) in [4.78, 5) is 25.2. The van der Waals surface area contributed by atoms with Gasteiger partial charge in [0.15, 0.2) is 0 Å². The summed E-state index contributed by atoms with van der Waals surface area (Å²) in [6.07, 6.45) is 0. The lowest BCUT2D eigenvalue weighted by Crippen LogP contribution is -2.48. The third-order valence-corrected chi connectivity index (χ3v) is 2.29. The van der Waals surface area contributed by atoms with Crippen molar-refractivity contribution in [1.29, 1.82) is 0 Å². The third kappa shape index (κ3) is 3.32. The molecule has 1 fully saturated rings. The molecule has 0 saturated carbocycles. The van der Waals surface area contributed by atoms with E-state index in [1.54, 1.807) is 11.8 Å². The number of amides is 1. The van der Waals surface area contributed by atoms with E-state index in [2.05, 4.69) is 0 Å². The number of rotatable bonds is 2. The van der Waals surface area contributed by atoms with Crippen LogP contribution >= 0.6 is 11.6 Å². The van der Waals surface area contributed by atoms with E-state index in [1.165, 1.54) is 0 Å². The zero-order valence-electron chi connectivity index (χ0n) is 7.62. The molecule has 13 heavy (non-hydrogen) atoms. The predicted molar refractivity (Wildman–Crippen MR) is 49.6 cm³/mol. The highest BCUT2D eigenvalue weighted by Gasteiger charge is 2.19. The molecule has 74 valence electrons. The summed E-state index contributed by atoms with van der Waals surface area (Å²) in [5.74, 6) is 0.0943. The minimum Gasteiger partial charge on any atom is -0.340 e. The molecule has 5 heteroatoms. The van der Waals surface area contributed by atoms with Crippen molar-refractivity contribution in [3.63, 3.8) is 0 Å². The molecule has 1 rings (SSSR count). The summed E-state index contributed by atoms with van der Waals surface area (Å²) >= 11 is 5.25. The van der Waals surface area contributed by atoms with Crippen LogP contribution in [-0.2, 0) is 9.59 Å². The van der Waals surface area contributed by atoms with Gasteiger partial charge in [0.25, 0.3) is 0 Å². The maximum absolute atomic E-state index is 10.9. The van der Waals surface area contributed by atoms with E-state index in [0.717, 1.165) is 13.1 Å². The Kier molecular flexibility index (Phi) is 3.69. The molecule has 0 aromatic rings. The minimum absolute atomic E-state index is 0.0943. The van der Waals surface area contributed by atoms with Crippen LogP contribution in [0.3, 0.4) is 0 Å². The molecule has 1 amide bonds. The van der Waals surface area contributed by atoms with Gasteiger partial charge in [0.2, 0.25) is 11.1 Å².